The first-order valence-electron chi connectivity index (χ1n) is 5.75. The molecule has 1 heterocycles. The predicted molar refractivity (Wildman–Crippen MR) is 78.8 cm³/mol. The van der Waals surface area contributed by atoms with E-state index in [1.165, 1.54) is 24.9 Å². The molecule has 0 saturated heterocycles. The number of rotatable bonds is 5. The van der Waals surface area contributed by atoms with Crippen molar-refractivity contribution in [3.05, 3.63) is 52.7 Å². The lowest BCUT2D eigenvalue weighted by atomic mass is 10.1. The largest absolute Gasteiger partial charge is 0.496 e. The molecule has 0 radical (unpaired) electrons. The zero-order valence-corrected chi connectivity index (χ0v) is 12.2. The molecule has 2 rings (SSSR count). The van der Waals surface area contributed by atoms with Crippen molar-refractivity contribution in [3.8, 4) is 5.75 Å². The molecule has 0 unspecified atom stereocenters. The first kappa shape index (κ1) is 14.7. The molecule has 0 atom stereocenters. The lowest BCUT2D eigenvalue weighted by molar-refractivity contribution is 0.0693. The molecule has 0 fully saturated rings. The minimum absolute atomic E-state index is 0.150. The van der Waals surface area contributed by atoms with Gasteiger partial charge in [-0.2, -0.15) is 0 Å². The minimum atomic E-state index is -1.01. The van der Waals surface area contributed by atoms with Gasteiger partial charge in [0.25, 0.3) is 0 Å². The van der Waals surface area contributed by atoms with Crippen LogP contribution in [-0.4, -0.2) is 23.2 Å². The average molecular weight is 310 g/mol. The molecule has 1 aromatic heterocycles. The monoisotopic (exact) mass is 309 g/mol. The fraction of sp³-hybridized carbons (Fsp3) is 0.143. The van der Waals surface area contributed by atoms with Gasteiger partial charge in [-0.15, -0.1) is 11.8 Å². The highest BCUT2D eigenvalue weighted by atomic mass is 35.5. The molecule has 0 spiro atoms. The molecule has 4 nitrogen and oxygen atoms in total. The van der Waals surface area contributed by atoms with E-state index in [9.17, 15) is 4.79 Å². The van der Waals surface area contributed by atoms with E-state index in [-0.39, 0.29) is 5.56 Å². The molecular weight excluding hydrogens is 298 g/mol. The summed E-state index contributed by atoms with van der Waals surface area (Å²) in [5.41, 5.74) is 1.09. The van der Waals surface area contributed by atoms with Gasteiger partial charge in [-0.25, -0.2) is 9.78 Å². The van der Waals surface area contributed by atoms with Gasteiger partial charge in [-0.05, 0) is 29.8 Å². The summed E-state index contributed by atoms with van der Waals surface area (Å²) in [5.74, 6) is -0.0240. The molecule has 2 aromatic rings. The number of pyridine rings is 1. The Bertz CT molecular complexity index is 634. The van der Waals surface area contributed by atoms with Gasteiger partial charge in [0.05, 0.1) is 12.1 Å². The van der Waals surface area contributed by atoms with E-state index in [4.69, 9.17) is 21.4 Å². The number of ether oxygens (including phenoxy) is 1. The Kier molecular flexibility index (Phi) is 4.87. The van der Waals surface area contributed by atoms with Gasteiger partial charge in [0, 0.05) is 11.9 Å². The maximum absolute atomic E-state index is 11.0. The van der Waals surface area contributed by atoms with E-state index < -0.39 is 5.97 Å². The van der Waals surface area contributed by atoms with Crippen molar-refractivity contribution in [1.29, 1.82) is 0 Å². The van der Waals surface area contributed by atoms with Crippen LogP contribution in [0.1, 0.15) is 15.9 Å². The highest BCUT2D eigenvalue weighted by molar-refractivity contribution is 7.98. The van der Waals surface area contributed by atoms with Gasteiger partial charge in [0.2, 0.25) is 0 Å². The molecule has 20 heavy (non-hydrogen) atoms. The maximum Gasteiger partial charge on any atom is 0.339 e. The standard InChI is InChI=1S/C14H12ClNO3S/c1-19-12-7-9(4-5-10(12)14(17)18)8-20-13-11(15)3-2-6-16-13/h2-7H,8H2,1H3,(H,17,18). The van der Waals surface area contributed by atoms with Crippen LogP contribution >= 0.6 is 23.4 Å². The third-order valence-corrected chi connectivity index (χ3v) is 4.09. The number of methoxy groups -OCH3 is 1. The zero-order chi connectivity index (χ0) is 14.5. The number of aromatic carboxylic acids is 1. The Balaban J connectivity index is 2.15. The fourth-order valence-electron chi connectivity index (χ4n) is 1.63. The highest BCUT2D eigenvalue weighted by Gasteiger charge is 2.11. The van der Waals surface area contributed by atoms with Crippen LogP contribution in [0.25, 0.3) is 0 Å². The van der Waals surface area contributed by atoms with Crippen molar-refractivity contribution in [2.45, 2.75) is 10.8 Å². The van der Waals surface area contributed by atoms with Crippen molar-refractivity contribution in [2.75, 3.05) is 7.11 Å². The number of aromatic nitrogens is 1. The second-order valence-electron chi connectivity index (χ2n) is 3.92. The van der Waals surface area contributed by atoms with E-state index in [0.717, 1.165) is 10.6 Å². The van der Waals surface area contributed by atoms with Gasteiger partial charge >= 0.3 is 5.97 Å². The third-order valence-electron chi connectivity index (χ3n) is 2.60. The van der Waals surface area contributed by atoms with Crippen LogP contribution in [0.2, 0.25) is 5.02 Å². The summed E-state index contributed by atoms with van der Waals surface area (Å²) in [5, 5.41) is 10.4. The first-order valence-corrected chi connectivity index (χ1v) is 7.11. The van der Waals surface area contributed by atoms with E-state index in [2.05, 4.69) is 4.98 Å². The summed E-state index contributed by atoms with van der Waals surface area (Å²) in [4.78, 5) is 15.2. The molecule has 1 N–H and O–H groups in total. The van der Waals surface area contributed by atoms with Crippen LogP contribution in [0.15, 0.2) is 41.6 Å². The Morgan fingerprint density at radius 3 is 2.90 bits per heavy atom. The smallest absolute Gasteiger partial charge is 0.339 e. The molecule has 0 aliphatic rings. The maximum atomic E-state index is 11.0. The van der Waals surface area contributed by atoms with Crippen LogP contribution in [0, 0.1) is 0 Å². The second-order valence-corrected chi connectivity index (χ2v) is 5.29. The number of benzene rings is 1. The normalized spacial score (nSPS) is 10.3. The van der Waals surface area contributed by atoms with Crippen molar-refractivity contribution in [1.82, 2.24) is 4.98 Å². The molecule has 0 saturated carbocycles. The number of hydrogen-bond acceptors (Lipinski definition) is 4. The summed E-state index contributed by atoms with van der Waals surface area (Å²) in [6.07, 6.45) is 1.68. The number of hydrogen-bond donors (Lipinski definition) is 1. The Hall–Kier alpha value is -1.72. The Morgan fingerprint density at radius 2 is 2.25 bits per heavy atom. The topological polar surface area (TPSA) is 59.4 Å². The summed E-state index contributed by atoms with van der Waals surface area (Å²) in [7, 11) is 1.45. The van der Waals surface area contributed by atoms with E-state index in [0.29, 0.717) is 16.5 Å². The number of carboxylic acids is 1. The molecule has 6 heteroatoms. The number of nitrogens with zero attached hydrogens (tertiary/aromatic N) is 1. The number of carbonyl (C=O) groups is 1. The summed E-state index contributed by atoms with van der Waals surface area (Å²) in [6, 6.07) is 8.57. The Morgan fingerprint density at radius 1 is 1.45 bits per heavy atom. The van der Waals surface area contributed by atoms with Crippen molar-refractivity contribution >= 4 is 29.3 Å². The van der Waals surface area contributed by atoms with Gasteiger partial charge in [-0.1, -0.05) is 17.7 Å². The van der Waals surface area contributed by atoms with Gasteiger partial charge < -0.3 is 9.84 Å². The third kappa shape index (κ3) is 3.43. The lowest BCUT2D eigenvalue weighted by Crippen LogP contribution is -2.01. The van der Waals surface area contributed by atoms with E-state index in [1.54, 1.807) is 30.5 Å². The number of thioether (sulfide) groups is 1. The Labute approximate surface area is 125 Å². The molecule has 0 aliphatic heterocycles. The van der Waals surface area contributed by atoms with Crippen molar-refractivity contribution in [2.24, 2.45) is 0 Å². The summed E-state index contributed by atoms with van der Waals surface area (Å²) < 4.78 is 5.09. The van der Waals surface area contributed by atoms with Crippen LogP contribution < -0.4 is 4.74 Å². The first-order chi connectivity index (χ1) is 9.61. The molecule has 0 bridgehead atoms. The van der Waals surface area contributed by atoms with E-state index in [1.807, 2.05) is 0 Å². The molecular formula is C14H12ClNO3S. The van der Waals surface area contributed by atoms with Crippen LogP contribution in [0.4, 0.5) is 0 Å². The molecule has 0 aliphatic carbocycles. The molecule has 0 amide bonds. The SMILES string of the molecule is COc1cc(CSc2ncccc2Cl)ccc1C(=O)O. The van der Waals surface area contributed by atoms with Crippen molar-refractivity contribution < 1.29 is 14.6 Å². The van der Waals surface area contributed by atoms with Gasteiger partial charge in [0.15, 0.2) is 0 Å². The van der Waals surface area contributed by atoms with Gasteiger partial charge in [-0.3, -0.25) is 0 Å². The molecule has 104 valence electrons. The molecule has 1 aromatic carbocycles. The zero-order valence-electron chi connectivity index (χ0n) is 10.7. The summed E-state index contributed by atoms with van der Waals surface area (Å²) >= 11 is 7.52. The predicted octanol–water partition coefficient (Wildman–Crippen LogP) is 3.73. The van der Waals surface area contributed by atoms with Crippen LogP contribution in [0.5, 0.6) is 5.75 Å². The fourth-order valence-corrected chi connectivity index (χ4v) is 2.74. The van der Waals surface area contributed by atoms with Gasteiger partial charge in [0.1, 0.15) is 16.3 Å². The number of carboxylic acid groups (broad SMARTS) is 1. The summed E-state index contributed by atoms with van der Waals surface area (Å²) in [6.45, 7) is 0. The van der Waals surface area contributed by atoms with Crippen LogP contribution in [-0.2, 0) is 5.75 Å². The van der Waals surface area contributed by atoms with Crippen molar-refractivity contribution in [3.63, 3.8) is 0 Å². The minimum Gasteiger partial charge on any atom is -0.496 e. The van der Waals surface area contributed by atoms with E-state index >= 15 is 0 Å². The second kappa shape index (κ2) is 6.63. The highest BCUT2D eigenvalue weighted by Crippen LogP contribution is 2.29. The average Bonchev–Trinajstić information content (AvgIpc) is 2.46. The quantitative estimate of drug-likeness (QED) is 0.853. The number of halogens is 1. The van der Waals surface area contributed by atoms with Crippen LogP contribution in [0.3, 0.4) is 0 Å². The lowest BCUT2D eigenvalue weighted by Gasteiger charge is -2.08.